The van der Waals surface area contributed by atoms with Gasteiger partial charge in [0.2, 0.25) is 15.9 Å². The highest BCUT2D eigenvalue weighted by atomic mass is 32.2. The number of nitrogens with zero attached hydrogens (tertiary/aromatic N) is 2. The largest absolute Gasteiger partial charge is 0.497 e. The molecular formula is C15H19N3O4S. The zero-order valence-corrected chi connectivity index (χ0v) is 13.9. The zero-order chi connectivity index (χ0) is 16.5. The Hall–Kier alpha value is -1.93. The molecule has 2 aromatic rings. The summed E-state index contributed by atoms with van der Waals surface area (Å²) < 4.78 is 38.4. The second kappa shape index (κ2) is 5.93. The van der Waals surface area contributed by atoms with Crippen molar-refractivity contribution in [3.63, 3.8) is 0 Å². The number of methoxy groups -OCH3 is 1. The average Bonchev–Trinajstić information content (AvgIpc) is 3.17. The fraction of sp³-hybridized carbons (Fsp3) is 0.467. The summed E-state index contributed by atoms with van der Waals surface area (Å²) in [5.74, 6) is 1.44. The summed E-state index contributed by atoms with van der Waals surface area (Å²) in [6.07, 6.45) is 3.14. The normalized spacial score (nSPS) is 17.3. The Bertz CT molecular complexity index is 777. The topological polar surface area (TPSA) is 94.3 Å². The van der Waals surface area contributed by atoms with E-state index in [0.29, 0.717) is 30.3 Å². The number of aromatic nitrogens is 2. The predicted octanol–water partition coefficient (Wildman–Crippen LogP) is 2.13. The van der Waals surface area contributed by atoms with Gasteiger partial charge in [0.1, 0.15) is 5.75 Å². The smallest absolute Gasteiger partial charge is 0.241 e. The monoisotopic (exact) mass is 337 g/mol. The zero-order valence-electron chi connectivity index (χ0n) is 13.1. The van der Waals surface area contributed by atoms with Crippen LogP contribution in [0.5, 0.6) is 5.75 Å². The lowest BCUT2D eigenvalue weighted by Gasteiger charge is -2.26. The molecule has 1 N–H and O–H groups in total. The van der Waals surface area contributed by atoms with Crippen molar-refractivity contribution in [3.8, 4) is 5.75 Å². The summed E-state index contributed by atoms with van der Waals surface area (Å²) in [7, 11) is -2.16. The number of ether oxygens (including phenoxy) is 1. The third-order valence-corrected chi connectivity index (χ3v) is 5.66. The van der Waals surface area contributed by atoms with Crippen LogP contribution in [0.4, 0.5) is 0 Å². The maximum atomic E-state index is 12.7. The highest BCUT2D eigenvalue weighted by molar-refractivity contribution is 7.89. The van der Waals surface area contributed by atoms with E-state index in [2.05, 4.69) is 14.9 Å². The average molecular weight is 337 g/mol. The van der Waals surface area contributed by atoms with Crippen LogP contribution in [0.25, 0.3) is 0 Å². The van der Waals surface area contributed by atoms with Gasteiger partial charge in [-0.05, 0) is 37.1 Å². The van der Waals surface area contributed by atoms with Gasteiger partial charge in [-0.25, -0.2) is 8.42 Å². The number of benzene rings is 1. The Morgan fingerprint density at radius 2 is 1.87 bits per heavy atom. The van der Waals surface area contributed by atoms with Gasteiger partial charge >= 0.3 is 0 Å². The van der Waals surface area contributed by atoms with Crippen molar-refractivity contribution in [2.24, 2.45) is 0 Å². The molecule has 0 bridgehead atoms. The maximum Gasteiger partial charge on any atom is 0.241 e. The molecule has 8 heteroatoms. The molecule has 1 aromatic carbocycles. The van der Waals surface area contributed by atoms with E-state index in [0.717, 1.165) is 12.8 Å². The number of rotatable bonds is 5. The van der Waals surface area contributed by atoms with Crippen molar-refractivity contribution >= 4 is 10.0 Å². The van der Waals surface area contributed by atoms with Crippen molar-refractivity contribution in [1.82, 2.24) is 14.9 Å². The molecule has 1 heterocycles. The molecule has 1 aliphatic rings. The number of sulfonamides is 1. The first-order valence-electron chi connectivity index (χ1n) is 7.44. The molecule has 1 saturated carbocycles. The Morgan fingerprint density at radius 3 is 2.39 bits per heavy atom. The van der Waals surface area contributed by atoms with Crippen molar-refractivity contribution in [1.29, 1.82) is 0 Å². The second-order valence-corrected chi connectivity index (χ2v) is 7.39. The number of nitrogens with one attached hydrogen (secondary N) is 1. The summed E-state index contributed by atoms with van der Waals surface area (Å²) in [4.78, 5) is 4.43. The molecule has 0 saturated heterocycles. The first-order valence-corrected chi connectivity index (χ1v) is 8.92. The van der Waals surface area contributed by atoms with Crippen molar-refractivity contribution in [2.75, 3.05) is 7.11 Å². The van der Waals surface area contributed by atoms with E-state index in [9.17, 15) is 8.42 Å². The molecule has 3 rings (SSSR count). The second-order valence-electron chi connectivity index (χ2n) is 5.71. The number of hydrogen-bond donors (Lipinski definition) is 1. The Balaban J connectivity index is 1.93. The maximum absolute atomic E-state index is 12.7. The molecule has 1 aliphatic carbocycles. The molecule has 0 aliphatic heterocycles. The molecule has 0 radical (unpaired) electrons. The van der Waals surface area contributed by atoms with Crippen molar-refractivity contribution in [2.45, 2.75) is 43.0 Å². The van der Waals surface area contributed by atoms with Gasteiger partial charge < -0.3 is 9.26 Å². The number of aryl methyl sites for hydroxylation is 1. The minimum atomic E-state index is -3.69. The molecule has 0 spiro atoms. The SMILES string of the molecule is COc1ccc(S(=O)(=O)NC2(c3noc(C)n3)CCCC2)cc1. The van der Waals surface area contributed by atoms with Crippen molar-refractivity contribution in [3.05, 3.63) is 36.0 Å². The van der Waals surface area contributed by atoms with Crippen LogP contribution in [0, 0.1) is 6.92 Å². The van der Waals surface area contributed by atoms with E-state index in [1.165, 1.54) is 19.2 Å². The van der Waals surface area contributed by atoms with Gasteiger partial charge in [0.15, 0.2) is 5.82 Å². The van der Waals surface area contributed by atoms with Crippen LogP contribution in [0.2, 0.25) is 0 Å². The minimum absolute atomic E-state index is 0.185. The molecule has 1 aromatic heterocycles. The lowest BCUT2D eigenvalue weighted by molar-refractivity contribution is 0.338. The van der Waals surface area contributed by atoms with Gasteiger partial charge in [-0.15, -0.1) is 0 Å². The molecule has 7 nitrogen and oxygen atoms in total. The van der Waals surface area contributed by atoms with Crippen LogP contribution in [0.15, 0.2) is 33.7 Å². The van der Waals surface area contributed by atoms with Crippen LogP contribution in [0.3, 0.4) is 0 Å². The lowest BCUT2D eigenvalue weighted by atomic mass is 9.99. The fourth-order valence-corrected chi connectivity index (χ4v) is 4.34. The van der Waals surface area contributed by atoms with Crippen LogP contribution in [0.1, 0.15) is 37.4 Å². The number of hydrogen-bond acceptors (Lipinski definition) is 6. The Labute approximate surface area is 135 Å². The summed E-state index contributed by atoms with van der Waals surface area (Å²) in [6.45, 7) is 1.69. The molecule has 1 fully saturated rings. The first kappa shape index (κ1) is 15.9. The third-order valence-electron chi connectivity index (χ3n) is 4.11. The van der Waals surface area contributed by atoms with Gasteiger partial charge in [0.05, 0.1) is 17.5 Å². The van der Waals surface area contributed by atoms with Crippen LogP contribution in [-0.2, 0) is 15.6 Å². The standard InChI is InChI=1S/C15H19N3O4S/c1-11-16-14(17-22-11)15(9-3-4-10-15)18-23(19,20)13-7-5-12(21-2)6-8-13/h5-8,18H,3-4,9-10H2,1-2H3. The molecular weight excluding hydrogens is 318 g/mol. The minimum Gasteiger partial charge on any atom is -0.497 e. The third kappa shape index (κ3) is 3.09. The Morgan fingerprint density at radius 1 is 1.22 bits per heavy atom. The van der Waals surface area contributed by atoms with Crippen LogP contribution < -0.4 is 9.46 Å². The molecule has 0 amide bonds. The van der Waals surface area contributed by atoms with E-state index >= 15 is 0 Å². The fourth-order valence-electron chi connectivity index (χ4n) is 2.91. The van der Waals surface area contributed by atoms with E-state index in [1.54, 1.807) is 19.1 Å². The van der Waals surface area contributed by atoms with Gasteiger partial charge in [-0.3, -0.25) is 0 Å². The van der Waals surface area contributed by atoms with E-state index < -0.39 is 15.6 Å². The quantitative estimate of drug-likeness (QED) is 0.898. The first-order chi connectivity index (χ1) is 11.0. The van der Waals surface area contributed by atoms with Crippen molar-refractivity contribution < 1.29 is 17.7 Å². The molecule has 0 atom stereocenters. The van der Waals surface area contributed by atoms with Gasteiger partial charge in [-0.1, -0.05) is 18.0 Å². The van der Waals surface area contributed by atoms with Gasteiger partial charge in [0.25, 0.3) is 0 Å². The summed E-state index contributed by atoms with van der Waals surface area (Å²) >= 11 is 0. The summed E-state index contributed by atoms with van der Waals surface area (Å²) in [5, 5.41) is 3.94. The molecule has 124 valence electrons. The predicted molar refractivity (Wildman–Crippen MR) is 82.5 cm³/mol. The Kier molecular flexibility index (Phi) is 4.11. The van der Waals surface area contributed by atoms with Crippen LogP contribution >= 0.6 is 0 Å². The highest BCUT2D eigenvalue weighted by Gasteiger charge is 2.43. The van der Waals surface area contributed by atoms with Gasteiger partial charge in [0, 0.05) is 6.92 Å². The highest BCUT2D eigenvalue weighted by Crippen LogP contribution is 2.38. The van der Waals surface area contributed by atoms with Gasteiger partial charge in [-0.2, -0.15) is 9.71 Å². The van der Waals surface area contributed by atoms with Crippen LogP contribution in [-0.4, -0.2) is 25.7 Å². The summed E-state index contributed by atoms with van der Waals surface area (Å²) in [6, 6.07) is 6.28. The van der Waals surface area contributed by atoms with E-state index in [4.69, 9.17) is 9.26 Å². The van der Waals surface area contributed by atoms with E-state index in [1.807, 2.05) is 0 Å². The molecule has 0 unspecified atom stereocenters. The summed E-state index contributed by atoms with van der Waals surface area (Å²) in [5.41, 5.74) is -0.795. The molecule has 23 heavy (non-hydrogen) atoms. The lowest BCUT2D eigenvalue weighted by Crippen LogP contribution is -2.44. The van der Waals surface area contributed by atoms with E-state index in [-0.39, 0.29) is 4.90 Å².